The summed E-state index contributed by atoms with van der Waals surface area (Å²) in [6.07, 6.45) is 3.44. The molecule has 8 nitrogen and oxygen atoms in total. The molecule has 1 unspecified atom stereocenters. The average molecular weight is 662 g/mol. The summed E-state index contributed by atoms with van der Waals surface area (Å²) < 4.78 is 36.0. The van der Waals surface area contributed by atoms with Crippen LogP contribution < -0.4 is 4.74 Å². The number of aryl methyl sites for hydroxylation is 3. The number of aromatic nitrogens is 3. The maximum absolute atomic E-state index is 13.8. The van der Waals surface area contributed by atoms with E-state index in [0.717, 1.165) is 62.6 Å². The highest BCUT2D eigenvalue weighted by atomic mass is 35.5. The first-order valence-electron chi connectivity index (χ1n) is 16.5. The predicted octanol–water partition coefficient (Wildman–Crippen LogP) is 7.97. The van der Waals surface area contributed by atoms with Crippen molar-refractivity contribution < 1.29 is 28.5 Å². The molecule has 5 aromatic rings. The average Bonchev–Trinajstić information content (AvgIpc) is 3.54. The van der Waals surface area contributed by atoms with Crippen molar-refractivity contribution in [2.24, 2.45) is 7.05 Å². The molecule has 0 spiro atoms. The number of ether oxygens (including phenoxy) is 3. The van der Waals surface area contributed by atoms with Crippen LogP contribution in [0, 0.1) is 5.82 Å². The highest BCUT2D eigenvalue weighted by molar-refractivity contribution is 6.35. The Labute approximate surface area is 279 Å². The van der Waals surface area contributed by atoms with Crippen molar-refractivity contribution in [3.63, 3.8) is 0 Å². The number of rotatable bonds is 10. The van der Waals surface area contributed by atoms with Gasteiger partial charge in [0.05, 0.1) is 29.4 Å². The summed E-state index contributed by atoms with van der Waals surface area (Å²) in [5.41, 5.74) is 5.74. The molecule has 6 rings (SSSR count). The largest absolute Gasteiger partial charge is 0.493 e. The van der Waals surface area contributed by atoms with Gasteiger partial charge < -0.3 is 23.9 Å². The summed E-state index contributed by atoms with van der Waals surface area (Å²) in [4.78, 5) is 13.8. The molecule has 0 radical (unpaired) electrons. The Balaban J connectivity index is 1.47. The lowest BCUT2D eigenvalue weighted by atomic mass is 9.95. The van der Waals surface area contributed by atoms with Crippen LogP contribution in [0.1, 0.15) is 73.1 Å². The molecule has 1 atom stereocenters. The number of hydrogen-bond acceptors (Lipinski definition) is 6. The van der Waals surface area contributed by atoms with Crippen LogP contribution in [-0.2, 0) is 35.9 Å². The Morgan fingerprint density at radius 2 is 1.96 bits per heavy atom. The molecule has 3 aromatic carbocycles. The number of halogens is 2. The van der Waals surface area contributed by atoms with Gasteiger partial charge in [-0.25, -0.2) is 9.18 Å². The van der Waals surface area contributed by atoms with Gasteiger partial charge in [0.25, 0.3) is 0 Å². The van der Waals surface area contributed by atoms with Crippen molar-refractivity contribution in [1.29, 1.82) is 0 Å². The van der Waals surface area contributed by atoms with Gasteiger partial charge in [-0.3, -0.25) is 4.68 Å². The van der Waals surface area contributed by atoms with E-state index >= 15 is 0 Å². The van der Waals surface area contributed by atoms with Crippen molar-refractivity contribution >= 4 is 39.2 Å². The summed E-state index contributed by atoms with van der Waals surface area (Å²) >= 11 is 7.11. The van der Waals surface area contributed by atoms with Crippen LogP contribution in [0.3, 0.4) is 0 Å². The maximum atomic E-state index is 13.8. The maximum Gasteiger partial charge on any atom is 0.355 e. The Morgan fingerprint density at radius 3 is 2.74 bits per heavy atom. The van der Waals surface area contributed by atoms with Crippen molar-refractivity contribution in [2.75, 3.05) is 26.4 Å². The third-order valence-corrected chi connectivity index (χ3v) is 9.26. The first-order valence-corrected chi connectivity index (χ1v) is 16.9. The topological polar surface area (TPSA) is 87.7 Å². The lowest BCUT2D eigenvalue weighted by Crippen LogP contribution is -2.15. The number of hydrogen-bond donors (Lipinski definition) is 1. The first-order chi connectivity index (χ1) is 22.9. The summed E-state index contributed by atoms with van der Waals surface area (Å²) in [6.45, 7) is 5.58. The second-order valence-electron chi connectivity index (χ2n) is 11.9. The van der Waals surface area contributed by atoms with Gasteiger partial charge in [-0.1, -0.05) is 36.7 Å². The normalized spacial score (nSPS) is 15.1. The van der Waals surface area contributed by atoms with E-state index in [2.05, 4.69) is 11.5 Å². The van der Waals surface area contributed by atoms with E-state index in [1.54, 1.807) is 6.07 Å². The van der Waals surface area contributed by atoms with Crippen LogP contribution in [0.2, 0.25) is 5.02 Å². The molecule has 2 aromatic heterocycles. The molecule has 0 saturated carbocycles. The molecule has 0 amide bonds. The molecule has 0 fully saturated rings. The molecule has 1 N–H and O–H groups in total. The van der Waals surface area contributed by atoms with E-state index in [0.29, 0.717) is 61.9 Å². The van der Waals surface area contributed by atoms with Crippen LogP contribution in [0.5, 0.6) is 5.75 Å². The molecule has 1 aliphatic rings. The van der Waals surface area contributed by atoms with Gasteiger partial charge >= 0.3 is 5.97 Å². The molecule has 1 aliphatic heterocycles. The fraction of sp³-hybridized carbons (Fsp3) is 0.405. The number of nitrogens with zero attached hydrogens (tertiary/aromatic N) is 3. The number of carbonyl (C=O) groups excluding carboxylic acids is 1. The summed E-state index contributed by atoms with van der Waals surface area (Å²) in [7, 11) is 1.92. The molecular weight excluding hydrogens is 621 g/mol. The van der Waals surface area contributed by atoms with Crippen molar-refractivity contribution in [1.82, 2.24) is 14.3 Å². The fourth-order valence-corrected chi connectivity index (χ4v) is 7.17. The van der Waals surface area contributed by atoms with E-state index in [-0.39, 0.29) is 25.0 Å². The Bertz CT molecular complexity index is 1920. The molecule has 47 heavy (non-hydrogen) atoms. The number of carbonyl (C=O) groups is 1. The van der Waals surface area contributed by atoms with Crippen molar-refractivity contribution in [2.45, 2.75) is 65.0 Å². The van der Waals surface area contributed by atoms with E-state index in [9.17, 15) is 14.3 Å². The van der Waals surface area contributed by atoms with Crippen LogP contribution in [0.25, 0.3) is 32.8 Å². The van der Waals surface area contributed by atoms with Crippen LogP contribution in [0.15, 0.2) is 48.5 Å². The zero-order valence-electron chi connectivity index (χ0n) is 27.2. The minimum absolute atomic E-state index is 0.0364. The molecule has 0 bridgehead atoms. The molecule has 10 heteroatoms. The third-order valence-electron chi connectivity index (χ3n) is 8.95. The fourth-order valence-electron chi connectivity index (χ4n) is 6.92. The van der Waals surface area contributed by atoms with Crippen LogP contribution in [0.4, 0.5) is 4.39 Å². The SMILES string of the molecule is CCOC(=O)c1c(CCCOc2cccc3cc(F)ccc23)c2ccc(Cl)c3c2n1CCCCOC(CCO)c1nn(C)c(CC)c1-3. The number of esters is 1. The van der Waals surface area contributed by atoms with E-state index in [1.807, 2.05) is 49.0 Å². The zero-order valence-corrected chi connectivity index (χ0v) is 27.9. The van der Waals surface area contributed by atoms with Gasteiger partial charge in [0, 0.05) is 60.8 Å². The van der Waals surface area contributed by atoms with Gasteiger partial charge in [0.15, 0.2) is 0 Å². The first kappa shape index (κ1) is 33.0. The van der Waals surface area contributed by atoms with E-state index in [1.165, 1.54) is 12.1 Å². The summed E-state index contributed by atoms with van der Waals surface area (Å²) in [6, 6.07) is 14.2. The summed E-state index contributed by atoms with van der Waals surface area (Å²) in [5, 5.41) is 18.0. The van der Waals surface area contributed by atoms with Gasteiger partial charge in [-0.2, -0.15) is 5.10 Å². The quantitative estimate of drug-likeness (QED) is 0.121. The molecular formula is C37H41ClFN3O5. The monoisotopic (exact) mass is 661 g/mol. The Morgan fingerprint density at radius 1 is 1.13 bits per heavy atom. The number of aliphatic hydroxyl groups is 1. The van der Waals surface area contributed by atoms with E-state index in [4.69, 9.17) is 30.9 Å². The summed E-state index contributed by atoms with van der Waals surface area (Å²) in [5.74, 6) is 0.0306. The highest BCUT2D eigenvalue weighted by Crippen LogP contribution is 2.45. The van der Waals surface area contributed by atoms with Gasteiger partial charge in [-0.05, 0) is 80.3 Å². The van der Waals surface area contributed by atoms with Crippen LogP contribution >= 0.6 is 11.6 Å². The molecule has 3 heterocycles. The van der Waals surface area contributed by atoms with Gasteiger partial charge in [0.2, 0.25) is 0 Å². The smallest absolute Gasteiger partial charge is 0.355 e. The minimum atomic E-state index is -0.402. The van der Waals surface area contributed by atoms with Crippen molar-refractivity contribution in [3.8, 4) is 16.9 Å². The highest BCUT2D eigenvalue weighted by Gasteiger charge is 2.32. The second kappa shape index (κ2) is 14.5. The van der Waals surface area contributed by atoms with Gasteiger partial charge in [0.1, 0.15) is 23.4 Å². The number of fused-ring (bicyclic) bond motifs is 3. The zero-order chi connectivity index (χ0) is 33.1. The Kier molecular flexibility index (Phi) is 10.2. The predicted molar refractivity (Wildman–Crippen MR) is 182 cm³/mol. The Hall–Kier alpha value is -3.92. The minimum Gasteiger partial charge on any atom is -0.493 e. The lowest BCUT2D eigenvalue weighted by Gasteiger charge is -2.18. The van der Waals surface area contributed by atoms with Gasteiger partial charge in [-0.15, -0.1) is 0 Å². The molecule has 248 valence electrons. The van der Waals surface area contributed by atoms with E-state index < -0.39 is 6.10 Å². The number of aliphatic hydroxyl groups excluding tert-OH is 1. The second-order valence-corrected chi connectivity index (χ2v) is 12.3. The van der Waals surface area contributed by atoms with Crippen LogP contribution in [-0.4, -0.2) is 51.9 Å². The molecule has 0 aliphatic carbocycles. The van der Waals surface area contributed by atoms with Crippen molar-refractivity contribution in [3.05, 3.63) is 82.0 Å². The standard InChI is InChI=1S/C37H41ClFN3O5/c1-4-29-33-32-28(38)16-15-27-26(11-9-21-46-30-12-8-10-23-22-24(39)13-14-25(23)30)36(37(44)45-5-2)42(35(27)32)18-6-7-20-47-31(17-19-43)34(33)40-41(29)3/h8,10,12-16,22,31,43H,4-7,9,11,17-21H2,1-3H3. The molecule has 0 saturated heterocycles. The number of benzene rings is 3. The third kappa shape index (κ3) is 6.36. The lowest BCUT2D eigenvalue weighted by molar-refractivity contribution is 0.0296.